The maximum atomic E-state index is 13.0. The molecule has 0 unspecified atom stereocenters. The van der Waals surface area contributed by atoms with Crippen molar-refractivity contribution in [3.05, 3.63) is 54.6 Å². The van der Waals surface area contributed by atoms with Crippen LogP contribution < -0.4 is 14.5 Å². The lowest BCUT2D eigenvalue weighted by Gasteiger charge is -2.31. The quantitative estimate of drug-likeness (QED) is 0.757. The number of anilines is 2. The van der Waals surface area contributed by atoms with Gasteiger partial charge in [0.05, 0.1) is 23.7 Å². The SMILES string of the molecule is C[C@H]1C[C@H](C)C[NH+](CC(=O)Nc2cccc(S(=O)(=O)N(C)c3ccccc3)c2)C1. The number of nitrogens with zero attached hydrogens (tertiary/aromatic N) is 1. The molecule has 7 heteroatoms. The van der Waals surface area contributed by atoms with Crippen molar-refractivity contribution in [2.75, 3.05) is 36.3 Å². The second-order valence-corrected chi connectivity index (χ2v) is 10.1. The largest absolute Gasteiger partial charge is 0.327 e. The Labute approximate surface area is 173 Å². The Hall–Kier alpha value is -2.38. The fourth-order valence-electron chi connectivity index (χ4n) is 4.17. The first kappa shape index (κ1) is 21.3. The van der Waals surface area contributed by atoms with Gasteiger partial charge in [0.2, 0.25) is 0 Å². The van der Waals surface area contributed by atoms with Crippen LogP contribution in [-0.2, 0) is 14.8 Å². The summed E-state index contributed by atoms with van der Waals surface area (Å²) in [7, 11) is -2.19. The average Bonchev–Trinajstić information content (AvgIpc) is 2.67. The molecule has 0 radical (unpaired) electrons. The molecule has 6 nitrogen and oxygen atoms in total. The van der Waals surface area contributed by atoms with Crippen LogP contribution in [0.15, 0.2) is 59.5 Å². The zero-order valence-corrected chi connectivity index (χ0v) is 18.1. The summed E-state index contributed by atoms with van der Waals surface area (Å²) in [5.74, 6) is 1.14. The third-order valence-corrected chi connectivity index (χ3v) is 7.17. The molecule has 1 aliphatic rings. The summed E-state index contributed by atoms with van der Waals surface area (Å²) in [6.07, 6.45) is 1.21. The molecule has 29 heavy (non-hydrogen) atoms. The maximum Gasteiger partial charge on any atom is 0.279 e. The van der Waals surface area contributed by atoms with Gasteiger partial charge in [0.1, 0.15) is 0 Å². The number of hydrogen-bond acceptors (Lipinski definition) is 3. The zero-order chi connectivity index (χ0) is 21.0. The van der Waals surface area contributed by atoms with Gasteiger partial charge < -0.3 is 10.2 Å². The number of benzene rings is 2. The van der Waals surface area contributed by atoms with Gasteiger partial charge in [0, 0.05) is 24.6 Å². The summed E-state index contributed by atoms with van der Waals surface area (Å²) >= 11 is 0. The Kier molecular flexibility index (Phi) is 6.59. The molecule has 2 atom stereocenters. The van der Waals surface area contributed by atoms with Gasteiger partial charge in [-0.2, -0.15) is 0 Å². The van der Waals surface area contributed by atoms with Crippen LogP contribution in [0.2, 0.25) is 0 Å². The molecular formula is C22H30N3O3S+. The molecule has 1 saturated heterocycles. The molecule has 2 N–H and O–H groups in total. The number of amides is 1. The van der Waals surface area contributed by atoms with Crippen LogP contribution in [0.1, 0.15) is 20.3 Å². The van der Waals surface area contributed by atoms with E-state index in [-0.39, 0.29) is 10.8 Å². The van der Waals surface area contributed by atoms with Crippen molar-refractivity contribution in [3.63, 3.8) is 0 Å². The number of quaternary nitrogens is 1. The first-order valence-electron chi connectivity index (χ1n) is 10.0. The molecule has 156 valence electrons. The van der Waals surface area contributed by atoms with E-state index >= 15 is 0 Å². The highest BCUT2D eigenvalue weighted by Crippen LogP contribution is 2.23. The summed E-state index contributed by atoms with van der Waals surface area (Å²) in [4.78, 5) is 13.9. The van der Waals surface area contributed by atoms with E-state index in [1.54, 1.807) is 42.5 Å². The first-order chi connectivity index (χ1) is 13.8. The van der Waals surface area contributed by atoms with Gasteiger partial charge in [0.15, 0.2) is 6.54 Å². The van der Waals surface area contributed by atoms with Gasteiger partial charge in [-0.3, -0.25) is 9.10 Å². The van der Waals surface area contributed by atoms with Gasteiger partial charge in [-0.1, -0.05) is 38.1 Å². The zero-order valence-electron chi connectivity index (χ0n) is 17.3. The highest BCUT2D eigenvalue weighted by atomic mass is 32.2. The summed E-state index contributed by atoms with van der Waals surface area (Å²) < 4.78 is 27.2. The lowest BCUT2D eigenvalue weighted by molar-refractivity contribution is -0.904. The van der Waals surface area contributed by atoms with Gasteiger partial charge in [0.25, 0.3) is 15.9 Å². The lowest BCUT2D eigenvalue weighted by atomic mass is 9.92. The molecule has 0 aliphatic carbocycles. The summed E-state index contributed by atoms with van der Waals surface area (Å²) in [5.41, 5.74) is 1.08. The first-order valence-corrected chi connectivity index (χ1v) is 11.5. The van der Waals surface area contributed by atoms with Crippen molar-refractivity contribution in [1.29, 1.82) is 0 Å². The second kappa shape index (κ2) is 8.97. The van der Waals surface area contributed by atoms with Crippen LogP contribution in [0, 0.1) is 11.8 Å². The summed E-state index contributed by atoms with van der Waals surface area (Å²) in [6.45, 7) is 6.84. The lowest BCUT2D eigenvalue weighted by Crippen LogP contribution is -3.15. The molecule has 0 saturated carbocycles. The molecule has 0 aromatic heterocycles. The minimum absolute atomic E-state index is 0.0905. The number of piperidine rings is 1. The smallest absolute Gasteiger partial charge is 0.279 e. The van der Waals surface area contributed by atoms with Crippen LogP contribution in [0.3, 0.4) is 0 Å². The van der Waals surface area contributed by atoms with Crippen molar-refractivity contribution in [3.8, 4) is 0 Å². The third kappa shape index (κ3) is 5.36. The highest BCUT2D eigenvalue weighted by Gasteiger charge is 2.27. The Balaban J connectivity index is 1.70. The maximum absolute atomic E-state index is 13.0. The summed E-state index contributed by atoms with van der Waals surface area (Å²) in [6, 6.07) is 15.3. The molecule has 2 aromatic rings. The number of para-hydroxylation sites is 1. The molecule has 0 bridgehead atoms. The normalized spacial score (nSPS) is 22.1. The van der Waals surface area contributed by atoms with Crippen molar-refractivity contribution in [2.45, 2.75) is 25.2 Å². The molecule has 3 rings (SSSR count). The van der Waals surface area contributed by atoms with E-state index in [9.17, 15) is 13.2 Å². The van der Waals surface area contributed by atoms with E-state index in [1.165, 1.54) is 28.7 Å². The van der Waals surface area contributed by atoms with Crippen LogP contribution in [0.5, 0.6) is 0 Å². The predicted octanol–water partition coefficient (Wildman–Crippen LogP) is 2.01. The number of hydrogen-bond donors (Lipinski definition) is 2. The van der Waals surface area contributed by atoms with E-state index in [4.69, 9.17) is 0 Å². The summed E-state index contributed by atoms with van der Waals surface area (Å²) in [5, 5.41) is 2.87. The van der Waals surface area contributed by atoms with E-state index in [0.29, 0.717) is 29.8 Å². The fourth-order valence-corrected chi connectivity index (χ4v) is 5.41. The third-order valence-electron chi connectivity index (χ3n) is 5.39. The molecular weight excluding hydrogens is 386 g/mol. The molecule has 0 spiro atoms. The Morgan fingerprint density at radius 1 is 1.07 bits per heavy atom. The Morgan fingerprint density at radius 3 is 2.38 bits per heavy atom. The van der Waals surface area contributed by atoms with E-state index in [0.717, 1.165) is 13.1 Å². The van der Waals surface area contributed by atoms with E-state index in [1.807, 2.05) is 6.07 Å². The number of rotatable bonds is 6. The monoisotopic (exact) mass is 416 g/mol. The minimum atomic E-state index is -3.72. The highest BCUT2D eigenvalue weighted by molar-refractivity contribution is 7.92. The van der Waals surface area contributed by atoms with Crippen LogP contribution in [0.4, 0.5) is 11.4 Å². The number of nitrogens with one attached hydrogen (secondary N) is 2. The molecule has 1 fully saturated rings. The topological polar surface area (TPSA) is 70.9 Å². The van der Waals surface area contributed by atoms with Crippen LogP contribution in [-0.4, -0.2) is 41.0 Å². The van der Waals surface area contributed by atoms with E-state index < -0.39 is 10.0 Å². The fraction of sp³-hybridized carbons (Fsp3) is 0.409. The number of sulfonamides is 1. The van der Waals surface area contributed by atoms with Crippen molar-refractivity contribution in [1.82, 2.24) is 0 Å². The standard InChI is InChI=1S/C22H29N3O3S/c1-17-12-18(2)15-25(14-17)16-22(26)23-19-8-7-11-21(13-19)29(27,28)24(3)20-9-5-4-6-10-20/h4-11,13,17-18H,12,14-16H2,1-3H3,(H,23,26)/p+1/t17-,18-/m0/s1. The second-order valence-electron chi connectivity index (χ2n) is 8.17. The number of likely N-dealkylation sites (tertiary alicyclic amines) is 1. The van der Waals surface area contributed by atoms with E-state index in [2.05, 4.69) is 19.2 Å². The van der Waals surface area contributed by atoms with Crippen molar-refractivity contribution in [2.24, 2.45) is 11.8 Å². The molecule has 1 heterocycles. The number of carbonyl (C=O) groups is 1. The van der Waals surface area contributed by atoms with Crippen molar-refractivity contribution < 1.29 is 18.1 Å². The molecule has 1 aliphatic heterocycles. The van der Waals surface area contributed by atoms with Gasteiger partial charge >= 0.3 is 0 Å². The van der Waals surface area contributed by atoms with Gasteiger partial charge in [-0.25, -0.2) is 8.42 Å². The Morgan fingerprint density at radius 2 is 1.72 bits per heavy atom. The van der Waals surface area contributed by atoms with Gasteiger partial charge in [-0.15, -0.1) is 0 Å². The average molecular weight is 417 g/mol. The molecule has 1 amide bonds. The van der Waals surface area contributed by atoms with Crippen LogP contribution >= 0.6 is 0 Å². The Bertz CT molecular complexity index is 937. The molecule has 2 aromatic carbocycles. The van der Waals surface area contributed by atoms with Crippen molar-refractivity contribution >= 4 is 27.3 Å². The minimum Gasteiger partial charge on any atom is -0.327 e. The van der Waals surface area contributed by atoms with Gasteiger partial charge in [-0.05, 0) is 36.8 Å². The number of carbonyl (C=O) groups excluding carboxylic acids is 1. The predicted molar refractivity (Wildman–Crippen MR) is 116 cm³/mol. The van der Waals surface area contributed by atoms with Crippen LogP contribution in [0.25, 0.3) is 0 Å².